The molecular formula is C15H10Br2Cl2N2. The number of benzene rings is 2. The van der Waals surface area contributed by atoms with E-state index in [1.54, 1.807) is 0 Å². The van der Waals surface area contributed by atoms with E-state index in [0.717, 1.165) is 31.5 Å². The zero-order valence-corrected chi connectivity index (χ0v) is 15.6. The molecule has 0 fully saturated rings. The lowest BCUT2D eigenvalue weighted by Gasteiger charge is -2.14. The molecule has 1 unspecified atom stereocenters. The highest BCUT2D eigenvalue weighted by Gasteiger charge is 2.19. The van der Waals surface area contributed by atoms with Crippen LogP contribution < -0.4 is 0 Å². The van der Waals surface area contributed by atoms with Crippen molar-refractivity contribution in [3.05, 3.63) is 56.2 Å². The second-order valence-corrected chi connectivity index (χ2v) is 7.42. The number of rotatable bonds is 2. The lowest BCUT2D eigenvalue weighted by atomic mass is 10.2. The fourth-order valence-electron chi connectivity index (χ4n) is 2.27. The fourth-order valence-corrected chi connectivity index (χ4v) is 3.94. The van der Waals surface area contributed by atoms with E-state index in [9.17, 15) is 0 Å². The van der Waals surface area contributed by atoms with Gasteiger partial charge in [0.25, 0.3) is 0 Å². The smallest absolute Gasteiger partial charge is 0.132 e. The number of nitrogens with zero attached hydrogens (tertiary/aromatic N) is 2. The van der Waals surface area contributed by atoms with Crippen molar-refractivity contribution in [1.29, 1.82) is 0 Å². The summed E-state index contributed by atoms with van der Waals surface area (Å²) in [6.07, 6.45) is 0. The van der Waals surface area contributed by atoms with E-state index in [1.807, 2.05) is 47.9 Å². The second kappa shape index (κ2) is 5.92. The van der Waals surface area contributed by atoms with Crippen molar-refractivity contribution < 1.29 is 0 Å². The predicted octanol–water partition coefficient (Wildman–Crippen LogP) is 6.50. The van der Waals surface area contributed by atoms with Gasteiger partial charge in [0.2, 0.25) is 0 Å². The summed E-state index contributed by atoms with van der Waals surface area (Å²) >= 11 is 19.7. The van der Waals surface area contributed by atoms with E-state index >= 15 is 0 Å². The average Bonchev–Trinajstić information content (AvgIpc) is 2.78. The number of halogens is 4. The fraction of sp³-hybridized carbons (Fsp3) is 0.133. The van der Waals surface area contributed by atoms with Crippen LogP contribution in [0.4, 0.5) is 0 Å². The van der Waals surface area contributed by atoms with Gasteiger partial charge in [-0.25, -0.2) is 4.98 Å². The number of imidazole rings is 1. The Balaban J connectivity index is 2.44. The van der Waals surface area contributed by atoms with Crippen LogP contribution in [0, 0.1) is 0 Å². The monoisotopic (exact) mass is 446 g/mol. The predicted molar refractivity (Wildman–Crippen MR) is 95.7 cm³/mol. The zero-order valence-electron chi connectivity index (χ0n) is 10.9. The van der Waals surface area contributed by atoms with Crippen LogP contribution in [0.25, 0.3) is 16.7 Å². The number of hydrogen-bond donors (Lipinski definition) is 0. The van der Waals surface area contributed by atoms with Gasteiger partial charge in [0.05, 0.1) is 22.1 Å². The summed E-state index contributed by atoms with van der Waals surface area (Å²) in [5, 5.41) is 0.441. The van der Waals surface area contributed by atoms with Crippen LogP contribution in [0.2, 0.25) is 5.02 Å². The summed E-state index contributed by atoms with van der Waals surface area (Å²) < 4.78 is 3.94. The van der Waals surface area contributed by atoms with Crippen molar-refractivity contribution >= 4 is 66.1 Å². The van der Waals surface area contributed by atoms with Crippen molar-refractivity contribution in [3.8, 4) is 5.69 Å². The van der Waals surface area contributed by atoms with Gasteiger partial charge in [0, 0.05) is 14.0 Å². The van der Waals surface area contributed by atoms with Crippen LogP contribution in [0.5, 0.6) is 0 Å². The molecule has 1 atom stereocenters. The molecule has 1 aromatic heterocycles. The normalized spacial score (nSPS) is 12.8. The minimum absolute atomic E-state index is 0.227. The molecule has 0 saturated heterocycles. The number of para-hydroxylation sites is 1. The molecule has 6 heteroatoms. The molecule has 1 heterocycles. The average molecular weight is 449 g/mol. The van der Waals surface area contributed by atoms with E-state index in [1.165, 1.54) is 0 Å². The van der Waals surface area contributed by atoms with Crippen LogP contribution in [0.1, 0.15) is 18.1 Å². The topological polar surface area (TPSA) is 17.8 Å². The summed E-state index contributed by atoms with van der Waals surface area (Å²) in [6, 6.07) is 11.6. The summed E-state index contributed by atoms with van der Waals surface area (Å²) in [4.78, 5) is 4.64. The van der Waals surface area contributed by atoms with E-state index in [0.29, 0.717) is 5.02 Å². The van der Waals surface area contributed by atoms with Crippen molar-refractivity contribution in [2.45, 2.75) is 12.3 Å². The van der Waals surface area contributed by atoms with Gasteiger partial charge in [-0.15, -0.1) is 11.6 Å². The van der Waals surface area contributed by atoms with E-state index in [-0.39, 0.29) is 5.38 Å². The molecule has 0 aliphatic heterocycles. The minimum Gasteiger partial charge on any atom is -0.293 e. The highest BCUT2D eigenvalue weighted by Crippen LogP contribution is 2.36. The molecule has 0 spiro atoms. The maximum absolute atomic E-state index is 6.33. The molecule has 0 amide bonds. The van der Waals surface area contributed by atoms with Crippen molar-refractivity contribution in [1.82, 2.24) is 9.55 Å². The summed E-state index contributed by atoms with van der Waals surface area (Å²) in [7, 11) is 0. The maximum Gasteiger partial charge on any atom is 0.132 e. The first-order chi connectivity index (χ1) is 9.99. The molecule has 21 heavy (non-hydrogen) atoms. The Hall–Kier alpha value is -0.550. The zero-order chi connectivity index (χ0) is 15.1. The van der Waals surface area contributed by atoms with Crippen LogP contribution in [0.15, 0.2) is 45.3 Å². The summed E-state index contributed by atoms with van der Waals surface area (Å²) in [6.45, 7) is 1.91. The first kappa shape index (κ1) is 15.3. The first-order valence-corrected chi connectivity index (χ1v) is 8.65. The summed E-state index contributed by atoms with van der Waals surface area (Å²) in [5.41, 5.74) is 2.76. The highest BCUT2D eigenvalue weighted by molar-refractivity contribution is 9.11. The van der Waals surface area contributed by atoms with Gasteiger partial charge >= 0.3 is 0 Å². The van der Waals surface area contributed by atoms with Gasteiger partial charge in [-0.05, 0) is 69.1 Å². The van der Waals surface area contributed by atoms with E-state index in [2.05, 4.69) is 36.8 Å². The lowest BCUT2D eigenvalue weighted by Crippen LogP contribution is -2.03. The summed E-state index contributed by atoms with van der Waals surface area (Å²) in [5.74, 6) is 0.779. The van der Waals surface area contributed by atoms with E-state index < -0.39 is 0 Å². The number of aromatic nitrogens is 2. The van der Waals surface area contributed by atoms with Crippen molar-refractivity contribution in [2.75, 3.05) is 0 Å². The quantitative estimate of drug-likeness (QED) is 0.409. The SMILES string of the molecule is CC(Cl)c1nc2ccc(Cl)cc2n1-c1c(Br)cccc1Br. The Morgan fingerprint density at radius 3 is 2.43 bits per heavy atom. The molecule has 3 rings (SSSR count). The van der Waals surface area contributed by atoms with Crippen LogP contribution >= 0.6 is 55.1 Å². The van der Waals surface area contributed by atoms with E-state index in [4.69, 9.17) is 23.2 Å². The molecule has 3 aromatic rings. The molecule has 0 aliphatic rings. The molecule has 0 aliphatic carbocycles. The Morgan fingerprint density at radius 2 is 1.81 bits per heavy atom. The Labute approximate surface area is 149 Å². The molecule has 0 radical (unpaired) electrons. The lowest BCUT2D eigenvalue weighted by molar-refractivity contribution is 0.878. The minimum atomic E-state index is -0.227. The largest absolute Gasteiger partial charge is 0.293 e. The van der Waals surface area contributed by atoms with Gasteiger partial charge in [0.15, 0.2) is 0 Å². The number of alkyl halides is 1. The third kappa shape index (κ3) is 2.74. The first-order valence-electron chi connectivity index (χ1n) is 6.25. The second-order valence-electron chi connectivity index (χ2n) is 4.62. The molecule has 2 nitrogen and oxygen atoms in total. The molecule has 2 aromatic carbocycles. The number of fused-ring (bicyclic) bond motifs is 1. The van der Waals surface area contributed by atoms with Gasteiger partial charge in [-0.2, -0.15) is 0 Å². The molecule has 108 valence electrons. The standard InChI is InChI=1S/C15H10Br2Cl2N2/c1-8(18)15-20-12-6-5-9(19)7-13(12)21(15)14-10(16)3-2-4-11(14)17/h2-8H,1H3. The van der Waals surface area contributed by atoms with Gasteiger partial charge in [0.1, 0.15) is 5.82 Å². The molecule has 0 bridgehead atoms. The van der Waals surface area contributed by atoms with Crippen molar-refractivity contribution in [3.63, 3.8) is 0 Å². The Bertz CT molecular complexity index is 808. The maximum atomic E-state index is 6.33. The Morgan fingerprint density at radius 1 is 1.14 bits per heavy atom. The highest BCUT2D eigenvalue weighted by atomic mass is 79.9. The molecular weight excluding hydrogens is 439 g/mol. The van der Waals surface area contributed by atoms with Crippen LogP contribution in [0.3, 0.4) is 0 Å². The van der Waals surface area contributed by atoms with Crippen LogP contribution in [-0.4, -0.2) is 9.55 Å². The van der Waals surface area contributed by atoms with Gasteiger partial charge in [-0.3, -0.25) is 4.57 Å². The van der Waals surface area contributed by atoms with Gasteiger partial charge < -0.3 is 0 Å². The number of hydrogen-bond acceptors (Lipinski definition) is 1. The van der Waals surface area contributed by atoms with Crippen molar-refractivity contribution in [2.24, 2.45) is 0 Å². The van der Waals surface area contributed by atoms with Gasteiger partial charge in [-0.1, -0.05) is 17.7 Å². The molecule has 0 N–H and O–H groups in total. The third-order valence-electron chi connectivity index (χ3n) is 3.16. The van der Waals surface area contributed by atoms with Crippen LogP contribution in [-0.2, 0) is 0 Å². The Kier molecular flexibility index (Phi) is 4.33. The molecule has 0 saturated carbocycles. The third-order valence-corrected chi connectivity index (χ3v) is 4.87.